The second-order valence-corrected chi connectivity index (χ2v) is 8.30. The molecule has 0 spiro atoms. The first-order chi connectivity index (χ1) is 14.4. The molecule has 2 heterocycles. The Morgan fingerprint density at radius 3 is 2.41 bits per heavy atom. The topological polar surface area (TPSA) is 30.7 Å². The summed E-state index contributed by atoms with van der Waals surface area (Å²) in [6.07, 6.45) is 0. The van der Waals surface area contributed by atoms with Crippen LogP contribution in [0.3, 0.4) is 0 Å². The number of thiophene rings is 1. The smallest absolute Gasteiger partial charge is 0.114 e. The van der Waals surface area contributed by atoms with Crippen LogP contribution in [-0.2, 0) is 0 Å². The fourth-order valence-corrected chi connectivity index (χ4v) is 5.28. The lowest BCUT2D eigenvalue weighted by atomic mass is 9.97. The molecule has 4 heteroatoms. The molecule has 29 heavy (non-hydrogen) atoms. The van der Waals surface area contributed by atoms with Gasteiger partial charge in [0.1, 0.15) is 11.6 Å². The number of rotatable bonds is 3. The van der Waals surface area contributed by atoms with E-state index in [9.17, 15) is 0 Å². The highest BCUT2D eigenvalue weighted by molar-refractivity contribution is 7.19. The van der Waals surface area contributed by atoms with Crippen LogP contribution < -0.4 is 0 Å². The van der Waals surface area contributed by atoms with Crippen LogP contribution in [0.1, 0.15) is 16.5 Å². The lowest BCUT2D eigenvalue weighted by molar-refractivity contribution is 0.599. The quantitative estimate of drug-likeness (QED) is 0.348. The average molecular weight is 391 g/mol. The minimum atomic E-state index is -0.0362. The Labute approximate surface area is 171 Å². The van der Waals surface area contributed by atoms with Gasteiger partial charge in [0.25, 0.3) is 0 Å². The van der Waals surface area contributed by atoms with Crippen molar-refractivity contribution in [3.8, 4) is 0 Å². The molecule has 1 atom stereocenters. The molecule has 6 aromatic rings. The summed E-state index contributed by atoms with van der Waals surface area (Å²) in [6.45, 7) is 0. The van der Waals surface area contributed by atoms with Crippen LogP contribution in [0.25, 0.3) is 31.9 Å². The van der Waals surface area contributed by atoms with E-state index in [1.165, 1.54) is 31.3 Å². The van der Waals surface area contributed by atoms with Crippen molar-refractivity contribution in [1.82, 2.24) is 15.0 Å². The standard InChI is InChI=1S/C25H17N3S/c1-3-11-19-17(8-1)10-7-12-20(19)25(24-16-18-9-2-6-15-23(18)29-24)28-22-14-5-4-13-21(22)26-27-28/h1-16,25H. The molecule has 0 fully saturated rings. The van der Waals surface area contributed by atoms with E-state index in [2.05, 4.69) is 93.9 Å². The number of aromatic nitrogens is 3. The highest BCUT2D eigenvalue weighted by Crippen LogP contribution is 2.39. The monoisotopic (exact) mass is 391 g/mol. The van der Waals surface area contributed by atoms with Gasteiger partial charge in [-0.05, 0) is 46.0 Å². The molecule has 0 aliphatic heterocycles. The molecule has 1 unspecified atom stereocenters. The molecule has 0 aliphatic carbocycles. The minimum absolute atomic E-state index is 0.0362. The van der Waals surface area contributed by atoms with Crippen molar-refractivity contribution in [2.75, 3.05) is 0 Å². The van der Waals surface area contributed by atoms with Gasteiger partial charge in [0.2, 0.25) is 0 Å². The largest absolute Gasteiger partial charge is 0.232 e. The Hall–Kier alpha value is -3.50. The maximum Gasteiger partial charge on any atom is 0.114 e. The number of benzene rings is 4. The first-order valence-corrected chi connectivity index (χ1v) is 10.5. The molecule has 2 aromatic heterocycles. The van der Waals surface area contributed by atoms with Gasteiger partial charge in [0, 0.05) is 9.58 Å². The Bertz CT molecular complexity index is 1440. The van der Waals surface area contributed by atoms with Gasteiger partial charge in [0.15, 0.2) is 0 Å². The second kappa shape index (κ2) is 6.54. The molecule has 0 N–H and O–H groups in total. The maximum atomic E-state index is 4.60. The summed E-state index contributed by atoms with van der Waals surface area (Å²) in [7, 11) is 0. The molecule has 0 aliphatic rings. The van der Waals surface area contributed by atoms with Gasteiger partial charge in [-0.15, -0.1) is 16.4 Å². The van der Waals surface area contributed by atoms with E-state index in [4.69, 9.17) is 0 Å². The third kappa shape index (κ3) is 2.64. The Morgan fingerprint density at radius 1 is 0.724 bits per heavy atom. The van der Waals surface area contributed by atoms with Gasteiger partial charge in [-0.25, -0.2) is 4.68 Å². The van der Waals surface area contributed by atoms with Gasteiger partial charge in [-0.1, -0.05) is 78.0 Å². The van der Waals surface area contributed by atoms with Crippen LogP contribution >= 0.6 is 11.3 Å². The van der Waals surface area contributed by atoms with Crippen molar-refractivity contribution >= 4 is 43.2 Å². The number of nitrogens with zero attached hydrogens (tertiary/aromatic N) is 3. The average Bonchev–Trinajstić information content (AvgIpc) is 3.39. The van der Waals surface area contributed by atoms with E-state index >= 15 is 0 Å². The van der Waals surface area contributed by atoms with E-state index in [1.807, 2.05) is 29.5 Å². The minimum Gasteiger partial charge on any atom is -0.232 e. The number of fused-ring (bicyclic) bond motifs is 3. The number of para-hydroxylation sites is 1. The highest BCUT2D eigenvalue weighted by atomic mass is 32.1. The first kappa shape index (κ1) is 16.5. The van der Waals surface area contributed by atoms with Crippen LogP contribution in [0.15, 0.2) is 97.1 Å². The van der Waals surface area contributed by atoms with Crippen molar-refractivity contribution in [2.45, 2.75) is 6.04 Å². The SMILES string of the molecule is c1ccc2sc(C(c3cccc4ccccc34)n3nnc4ccccc43)cc2c1. The van der Waals surface area contributed by atoms with Crippen LogP contribution in [0.4, 0.5) is 0 Å². The Balaban J connectivity index is 1.68. The molecule has 3 nitrogen and oxygen atoms in total. The summed E-state index contributed by atoms with van der Waals surface area (Å²) in [5.74, 6) is 0. The second-order valence-electron chi connectivity index (χ2n) is 7.18. The fourth-order valence-electron chi connectivity index (χ4n) is 4.11. The molecule has 138 valence electrons. The summed E-state index contributed by atoms with van der Waals surface area (Å²) in [4.78, 5) is 1.26. The van der Waals surface area contributed by atoms with Gasteiger partial charge in [-0.2, -0.15) is 0 Å². The van der Waals surface area contributed by atoms with E-state index in [-0.39, 0.29) is 6.04 Å². The van der Waals surface area contributed by atoms with Crippen LogP contribution in [0, 0.1) is 0 Å². The Kier molecular flexibility index (Phi) is 3.71. The lowest BCUT2D eigenvalue weighted by Gasteiger charge is -2.19. The van der Waals surface area contributed by atoms with Crippen molar-refractivity contribution in [1.29, 1.82) is 0 Å². The molecule has 0 saturated carbocycles. The normalized spacial score (nSPS) is 12.7. The maximum absolute atomic E-state index is 4.60. The summed E-state index contributed by atoms with van der Waals surface area (Å²) < 4.78 is 3.36. The number of hydrogen-bond acceptors (Lipinski definition) is 3. The van der Waals surface area contributed by atoms with E-state index in [0.29, 0.717) is 0 Å². The molecular weight excluding hydrogens is 374 g/mol. The van der Waals surface area contributed by atoms with Crippen molar-refractivity contribution in [3.05, 3.63) is 108 Å². The molecular formula is C25H17N3S. The summed E-state index contributed by atoms with van der Waals surface area (Å²) in [6, 6.07) is 34.1. The van der Waals surface area contributed by atoms with Crippen molar-refractivity contribution in [2.24, 2.45) is 0 Å². The predicted octanol–water partition coefficient (Wildman–Crippen LogP) is 6.44. The molecule has 0 bridgehead atoms. The van der Waals surface area contributed by atoms with Gasteiger partial charge in [0.05, 0.1) is 5.52 Å². The van der Waals surface area contributed by atoms with Crippen molar-refractivity contribution < 1.29 is 0 Å². The third-order valence-corrected chi connectivity index (χ3v) is 6.62. The van der Waals surface area contributed by atoms with Gasteiger partial charge < -0.3 is 0 Å². The Morgan fingerprint density at radius 2 is 1.48 bits per heavy atom. The van der Waals surface area contributed by atoms with Crippen LogP contribution in [0.2, 0.25) is 0 Å². The van der Waals surface area contributed by atoms with Crippen LogP contribution in [-0.4, -0.2) is 15.0 Å². The molecule has 0 radical (unpaired) electrons. The molecule has 0 amide bonds. The molecule has 6 rings (SSSR count). The van der Waals surface area contributed by atoms with Gasteiger partial charge in [-0.3, -0.25) is 0 Å². The van der Waals surface area contributed by atoms with E-state index in [1.54, 1.807) is 0 Å². The zero-order valence-electron chi connectivity index (χ0n) is 15.6. The molecule has 0 saturated heterocycles. The third-order valence-electron chi connectivity index (χ3n) is 5.45. The summed E-state index contributed by atoms with van der Waals surface area (Å²) in [5.41, 5.74) is 3.20. The molecule has 4 aromatic carbocycles. The number of hydrogen-bond donors (Lipinski definition) is 0. The van der Waals surface area contributed by atoms with E-state index in [0.717, 1.165) is 11.0 Å². The van der Waals surface area contributed by atoms with Crippen LogP contribution in [0.5, 0.6) is 0 Å². The fraction of sp³-hybridized carbons (Fsp3) is 0.0400. The zero-order chi connectivity index (χ0) is 19.2. The summed E-state index contributed by atoms with van der Waals surface area (Å²) >= 11 is 1.83. The zero-order valence-corrected chi connectivity index (χ0v) is 16.4. The van der Waals surface area contributed by atoms with Gasteiger partial charge >= 0.3 is 0 Å². The first-order valence-electron chi connectivity index (χ1n) is 9.64. The predicted molar refractivity (Wildman–Crippen MR) is 121 cm³/mol. The lowest BCUT2D eigenvalue weighted by Crippen LogP contribution is -2.13. The highest BCUT2D eigenvalue weighted by Gasteiger charge is 2.24. The van der Waals surface area contributed by atoms with Crippen molar-refractivity contribution in [3.63, 3.8) is 0 Å². The summed E-state index contributed by atoms with van der Waals surface area (Å²) in [5, 5.41) is 12.8. The van der Waals surface area contributed by atoms with E-state index < -0.39 is 0 Å².